The fourth-order valence-electron chi connectivity index (χ4n) is 4.28. The highest BCUT2D eigenvalue weighted by Crippen LogP contribution is 2.36. The number of hydrogen-bond donors (Lipinski definition) is 2. The van der Waals surface area contributed by atoms with Crippen molar-refractivity contribution in [2.24, 2.45) is 0 Å². The number of likely N-dealkylation sites (tertiary alicyclic amines) is 1. The number of benzene rings is 1. The molecule has 1 atom stereocenters. The first-order valence-corrected chi connectivity index (χ1v) is 9.46. The Labute approximate surface area is 153 Å². The van der Waals surface area contributed by atoms with Gasteiger partial charge >= 0.3 is 0 Å². The van der Waals surface area contributed by atoms with Gasteiger partial charge in [0.1, 0.15) is 0 Å². The van der Waals surface area contributed by atoms with Gasteiger partial charge in [0.25, 0.3) is 0 Å². The summed E-state index contributed by atoms with van der Waals surface area (Å²) < 4.78 is 10.9. The minimum Gasteiger partial charge on any atom is -0.454 e. The third kappa shape index (κ3) is 3.06. The smallest absolute Gasteiger partial charge is 0.231 e. The highest BCUT2D eigenvalue weighted by Gasteiger charge is 2.29. The number of piperazine rings is 1. The molecule has 1 unspecified atom stereocenters. The summed E-state index contributed by atoms with van der Waals surface area (Å²) in [6.07, 6.45) is 3.22. The van der Waals surface area contributed by atoms with Crippen molar-refractivity contribution >= 4 is 0 Å². The van der Waals surface area contributed by atoms with Gasteiger partial charge in [0.2, 0.25) is 6.79 Å². The van der Waals surface area contributed by atoms with Crippen molar-refractivity contribution in [3.05, 3.63) is 30.0 Å². The van der Waals surface area contributed by atoms with Gasteiger partial charge in [-0.1, -0.05) is 0 Å². The molecule has 4 heterocycles. The van der Waals surface area contributed by atoms with Crippen LogP contribution < -0.4 is 14.8 Å². The molecule has 138 valence electrons. The van der Waals surface area contributed by atoms with E-state index in [1.165, 1.54) is 25.1 Å². The predicted octanol–water partition coefficient (Wildman–Crippen LogP) is 1.28. The van der Waals surface area contributed by atoms with Crippen molar-refractivity contribution in [3.63, 3.8) is 0 Å². The molecule has 2 saturated heterocycles. The predicted molar refractivity (Wildman–Crippen MR) is 98.3 cm³/mol. The Bertz CT molecular complexity index is 771. The first-order valence-electron chi connectivity index (χ1n) is 9.46. The van der Waals surface area contributed by atoms with Crippen LogP contribution in [0, 0.1) is 0 Å². The molecule has 1 aromatic heterocycles. The summed E-state index contributed by atoms with van der Waals surface area (Å²) in [4.78, 5) is 5.19. The van der Waals surface area contributed by atoms with Crippen LogP contribution in [0.2, 0.25) is 0 Å². The molecule has 3 aliphatic heterocycles. The summed E-state index contributed by atoms with van der Waals surface area (Å²) in [5.74, 6) is 1.62. The van der Waals surface area contributed by atoms with E-state index in [-0.39, 0.29) is 0 Å². The van der Waals surface area contributed by atoms with Gasteiger partial charge in [-0.2, -0.15) is 5.10 Å². The van der Waals surface area contributed by atoms with Crippen LogP contribution in [-0.4, -0.2) is 72.1 Å². The average Bonchev–Trinajstić information content (AvgIpc) is 3.43. The number of fused-ring (bicyclic) bond motifs is 1. The van der Waals surface area contributed by atoms with Gasteiger partial charge in [0.05, 0.1) is 11.9 Å². The summed E-state index contributed by atoms with van der Waals surface area (Å²) in [6, 6.07) is 6.77. The van der Waals surface area contributed by atoms with Crippen molar-refractivity contribution in [3.8, 4) is 22.8 Å². The van der Waals surface area contributed by atoms with Crippen LogP contribution in [0.15, 0.2) is 24.4 Å². The minimum absolute atomic E-state index is 0.301. The van der Waals surface area contributed by atoms with Crippen LogP contribution in [-0.2, 0) is 6.54 Å². The van der Waals surface area contributed by atoms with Crippen molar-refractivity contribution in [2.75, 3.05) is 46.1 Å². The number of aromatic nitrogens is 2. The number of H-pyrrole nitrogens is 1. The van der Waals surface area contributed by atoms with E-state index in [1.54, 1.807) is 0 Å². The number of nitrogens with zero attached hydrogens (tertiary/aromatic N) is 3. The highest BCUT2D eigenvalue weighted by molar-refractivity contribution is 5.66. The molecule has 2 N–H and O–H groups in total. The monoisotopic (exact) mass is 355 g/mol. The average molecular weight is 355 g/mol. The summed E-state index contributed by atoms with van der Waals surface area (Å²) >= 11 is 0. The maximum atomic E-state index is 5.51. The van der Waals surface area contributed by atoms with E-state index in [4.69, 9.17) is 9.47 Å². The number of nitrogens with one attached hydrogen (secondary N) is 2. The third-order valence-corrected chi connectivity index (χ3v) is 5.69. The zero-order valence-corrected chi connectivity index (χ0v) is 14.9. The Morgan fingerprint density at radius 1 is 1.12 bits per heavy atom. The molecule has 7 nitrogen and oxygen atoms in total. The quantitative estimate of drug-likeness (QED) is 0.862. The van der Waals surface area contributed by atoms with Crippen LogP contribution >= 0.6 is 0 Å². The molecule has 0 aliphatic carbocycles. The maximum absolute atomic E-state index is 5.51. The number of rotatable bonds is 4. The maximum Gasteiger partial charge on any atom is 0.231 e. The molecule has 1 aromatic carbocycles. The first-order chi connectivity index (χ1) is 12.9. The third-order valence-electron chi connectivity index (χ3n) is 5.69. The zero-order valence-electron chi connectivity index (χ0n) is 14.9. The molecule has 0 bridgehead atoms. The van der Waals surface area contributed by atoms with Gasteiger partial charge in [-0.05, 0) is 24.6 Å². The molecule has 0 radical (unpaired) electrons. The van der Waals surface area contributed by atoms with Crippen molar-refractivity contribution in [1.29, 1.82) is 0 Å². The van der Waals surface area contributed by atoms with Crippen LogP contribution in [0.1, 0.15) is 12.0 Å². The topological polar surface area (TPSA) is 65.7 Å². The molecular weight excluding hydrogens is 330 g/mol. The largest absolute Gasteiger partial charge is 0.454 e. The van der Waals surface area contributed by atoms with E-state index in [0.717, 1.165) is 55.5 Å². The molecule has 26 heavy (non-hydrogen) atoms. The van der Waals surface area contributed by atoms with Crippen molar-refractivity contribution < 1.29 is 9.47 Å². The minimum atomic E-state index is 0.301. The Morgan fingerprint density at radius 3 is 2.92 bits per heavy atom. The van der Waals surface area contributed by atoms with E-state index in [9.17, 15) is 0 Å². The Morgan fingerprint density at radius 2 is 2.00 bits per heavy atom. The SMILES string of the molecule is c1cc2c(cc1-c1[nH]ncc1CN1CCC(N3CCNCC3)C1)OCO2. The second-order valence-corrected chi connectivity index (χ2v) is 7.30. The second kappa shape index (κ2) is 6.90. The van der Waals surface area contributed by atoms with E-state index in [0.29, 0.717) is 12.8 Å². The molecule has 0 amide bonds. The van der Waals surface area contributed by atoms with Gasteiger partial charge in [0, 0.05) is 63.0 Å². The van der Waals surface area contributed by atoms with Gasteiger partial charge < -0.3 is 14.8 Å². The van der Waals surface area contributed by atoms with Gasteiger partial charge in [-0.3, -0.25) is 14.9 Å². The van der Waals surface area contributed by atoms with Gasteiger partial charge in [0.15, 0.2) is 11.5 Å². The Kier molecular flexibility index (Phi) is 4.28. The number of hydrogen-bond acceptors (Lipinski definition) is 6. The standard InChI is InChI=1S/C19H25N5O2/c1-2-17-18(26-13-25-17)9-14(1)19-15(10-21-22-19)11-23-6-3-16(12-23)24-7-4-20-5-8-24/h1-2,9-10,16,20H,3-8,11-13H2,(H,21,22). The summed E-state index contributed by atoms with van der Waals surface area (Å²) in [5, 5.41) is 10.9. The van der Waals surface area contributed by atoms with E-state index in [1.807, 2.05) is 18.3 Å². The lowest BCUT2D eigenvalue weighted by Crippen LogP contribution is -2.49. The fraction of sp³-hybridized carbons (Fsp3) is 0.526. The number of aromatic amines is 1. The molecule has 0 saturated carbocycles. The Balaban J connectivity index is 1.28. The first kappa shape index (κ1) is 16.1. The summed E-state index contributed by atoms with van der Waals surface area (Å²) in [7, 11) is 0. The van der Waals surface area contributed by atoms with Crippen LogP contribution in [0.25, 0.3) is 11.3 Å². The van der Waals surface area contributed by atoms with E-state index >= 15 is 0 Å². The molecule has 0 spiro atoms. The van der Waals surface area contributed by atoms with Crippen LogP contribution in [0.4, 0.5) is 0 Å². The zero-order chi connectivity index (χ0) is 17.3. The van der Waals surface area contributed by atoms with Crippen molar-refractivity contribution in [2.45, 2.75) is 19.0 Å². The van der Waals surface area contributed by atoms with Gasteiger partial charge in [-0.25, -0.2) is 0 Å². The Hall–Kier alpha value is -2.09. The molecule has 3 aliphatic rings. The molecular formula is C19H25N5O2. The normalized spacial score (nSPS) is 23.6. The van der Waals surface area contributed by atoms with Crippen molar-refractivity contribution in [1.82, 2.24) is 25.3 Å². The van der Waals surface area contributed by atoms with E-state index < -0.39 is 0 Å². The summed E-state index contributed by atoms with van der Waals surface area (Å²) in [6.45, 7) is 8.11. The molecule has 5 rings (SSSR count). The fourth-order valence-corrected chi connectivity index (χ4v) is 4.28. The molecule has 2 fully saturated rings. The lowest BCUT2D eigenvalue weighted by molar-refractivity contribution is 0.170. The van der Waals surface area contributed by atoms with Gasteiger partial charge in [-0.15, -0.1) is 0 Å². The molecule has 2 aromatic rings. The molecule has 7 heteroatoms. The number of ether oxygens (including phenoxy) is 2. The highest BCUT2D eigenvalue weighted by atomic mass is 16.7. The lowest BCUT2D eigenvalue weighted by atomic mass is 10.1. The van der Waals surface area contributed by atoms with Crippen LogP contribution in [0.5, 0.6) is 11.5 Å². The lowest BCUT2D eigenvalue weighted by Gasteiger charge is -2.32. The second-order valence-electron chi connectivity index (χ2n) is 7.30. The summed E-state index contributed by atoms with van der Waals surface area (Å²) in [5.41, 5.74) is 3.42. The van der Waals surface area contributed by atoms with Crippen LogP contribution in [0.3, 0.4) is 0 Å². The van der Waals surface area contributed by atoms with E-state index in [2.05, 4.69) is 31.4 Å².